The van der Waals surface area contributed by atoms with Crippen LogP contribution in [0, 0.1) is 5.82 Å². The lowest BCUT2D eigenvalue weighted by molar-refractivity contribution is 0.0747. The monoisotopic (exact) mass is 473 g/mol. The van der Waals surface area contributed by atoms with Crippen molar-refractivity contribution in [1.29, 1.82) is 0 Å². The Balaban J connectivity index is 1.38. The van der Waals surface area contributed by atoms with E-state index in [0.717, 1.165) is 17.8 Å². The first kappa shape index (κ1) is 22.1. The molecule has 1 heterocycles. The molecule has 0 saturated carbocycles. The molecule has 0 atom stereocenters. The Hall–Kier alpha value is -3.10. The highest BCUT2D eigenvalue weighted by molar-refractivity contribution is 7.92. The molecule has 4 rings (SSSR count). The SMILES string of the molecule is O=C(c1ccc(NS(=O)(=O)c2ccc(F)cc2)cc1)N1CCN(c2ccccc2Cl)CC1. The summed E-state index contributed by atoms with van der Waals surface area (Å²) in [5.41, 5.74) is 1.74. The summed E-state index contributed by atoms with van der Waals surface area (Å²) >= 11 is 6.27. The first-order chi connectivity index (χ1) is 15.3. The maximum Gasteiger partial charge on any atom is 0.261 e. The van der Waals surface area contributed by atoms with Crippen molar-refractivity contribution in [3.05, 3.63) is 89.2 Å². The lowest BCUT2D eigenvalue weighted by Gasteiger charge is -2.36. The Labute approximate surface area is 191 Å². The Morgan fingerprint density at radius 3 is 2.12 bits per heavy atom. The van der Waals surface area contributed by atoms with Crippen LogP contribution in [0.3, 0.4) is 0 Å². The van der Waals surface area contributed by atoms with Crippen molar-refractivity contribution < 1.29 is 17.6 Å². The third-order valence-corrected chi connectivity index (χ3v) is 6.98. The largest absolute Gasteiger partial charge is 0.367 e. The summed E-state index contributed by atoms with van der Waals surface area (Å²) in [7, 11) is -3.85. The topological polar surface area (TPSA) is 69.7 Å². The van der Waals surface area contributed by atoms with Gasteiger partial charge >= 0.3 is 0 Å². The number of carbonyl (C=O) groups excluding carboxylic acids is 1. The van der Waals surface area contributed by atoms with E-state index in [4.69, 9.17) is 11.6 Å². The second-order valence-corrected chi connectivity index (χ2v) is 9.46. The van der Waals surface area contributed by atoms with Crippen LogP contribution >= 0.6 is 11.6 Å². The number of rotatable bonds is 5. The van der Waals surface area contributed by atoms with Crippen LogP contribution in [-0.2, 0) is 10.0 Å². The second kappa shape index (κ2) is 9.18. The predicted molar refractivity (Wildman–Crippen MR) is 123 cm³/mol. The Morgan fingerprint density at radius 1 is 0.875 bits per heavy atom. The number of sulfonamides is 1. The zero-order valence-electron chi connectivity index (χ0n) is 17.0. The van der Waals surface area contributed by atoms with E-state index in [9.17, 15) is 17.6 Å². The number of halogens is 2. The predicted octanol–water partition coefficient (Wildman–Crippen LogP) is 4.24. The van der Waals surface area contributed by atoms with Crippen LogP contribution in [0.25, 0.3) is 0 Å². The molecule has 3 aromatic rings. The fraction of sp³-hybridized carbons (Fsp3) is 0.174. The van der Waals surface area contributed by atoms with Gasteiger partial charge in [0.15, 0.2) is 0 Å². The number of anilines is 2. The van der Waals surface area contributed by atoms with Gasteiger partial charge in [-0.25, -0.2) is 12.8 Å². The average Bonchev–Trinajstić information content (AvgIpc) is 2.80. The quantitative estimate of drug-likeness (QED) is 0.601. The van der Waals surface area contributed by atoms with Crippen molar-refractivity contribution in [3.63, 3.8) is 0 Å². The number of nitrogens with zero attached hydrogens (tertiary/aromatic N) is 2. The summed E-state index contributed by atoms with van der Waals surface area (Å²) in [5.74, 6) is -0.628. The molecular formula is C23H21ClFN3O3S. The zero-order chi connectivity index (χ0) is 22.7. The lowest BCUT2D eigenvalue weighted by Crippen LogP contribution is -2.48. The average molecular weight is 474 g/mol. The molecule has 0 bridgehead atoms. The van der Waals surface area contributed by atoms with Gasteiger partial charge in [0, 0.05) is 37.4 Å². The molecule has 9 heteroatoms. The molecule has 0 spiro atoms. The minimum absolute atomic E-state index is 0.0459. The molecule has 0 unspecified atom stereocenters. The number of benzene rings is 3. The van der Waals surface area contributed by atoms with Gasteiger partial charge in [-0.15, -0.1) is 0 Å². The molecule has 0 radical (unpaired) electrons. The fourth-order valence-corrected chi connectivity index (χ4v) is 4.86. The maximum atomic E-state index is 13.0. The molecule has 3 aromatic carbocycles. The number of carbonyl (C=O) groups is 1. The maximum absolute atomic E-state index is 13.0. The van der Waals surface area contributed by atoms with E-state index in [1.165, 1.54) is 24.3 Å². The number of piperazine rings is 1. The lowest BCUT2D eigenvalue weighted by atomic mass is 10.1. The van der Waals surface area contributed by atoms with E-state index in [2.05, 4.69) is 9.62 Å². The van der Waals surface area contributed by atoms with Gasteiger partial charge < -0.3 is 9.80 Å². The van der Waals surface area contributed by atoms with Gasteiger partial charge in [-0.05, 0) is 60.7 Å². The molecule has 6 nitrogen and oxygen atoms in total. The molecule has 1 amide bonds. The molecule has 1 aliphatic rings. The zero-order valence-corrected chi connectivity index (χ0v) is 18.6. The van der Waals surface area contributed by atoms with Crippen LogP contribution in [0.1, 0.15) is 10.4 Å². The van der Waals surface area contributed by atoms with E-state index in [1.54, 1.807) is 17.0 Å². The van der Waals surface area contributed by atoms with Crippen LogP contribution < -0.4 is 9.62 Å². The van der Waals surface area contributed by atoms with Gasteiger partial charge in [0.05, 0.1) is 15.6 Å². The first-order valence-electron chi connectivity index (χ1n) is 10.0. The second-order valence-electron chi connectivity index (χ2n) is 7.37. The molecule has 1 fully saturated rings. The van der Waals surface area contributed by atoms with E-state index >= 15 is 0 Å². The summed E-state index contributed by atoms with van der Waals surface area (Å²) in [6.45, 7) is 2.46. The van der Waals surface area contributed by atoms with Gasteiger partial charge in [-0.2, -0.15) is 0 Å². The highest BCUT2D eigenvalue weighted by Gasteiger charge is 2.23. The van der Waals surface area contributed by atoms with E-state index < -0.39 is 15.8 Å². The third kappa shape index (κ3) is 4.87. The summed E-state index contributed by atoms with van der Waals surface area (Å²) in [6, 6.07) is 18.4. The first-order valence-corrected chi connectivity index (χ1v) is 11.9. The molecule has 1 aliphatic heterocycles. The Kier molecular flexibility index (Phi) is 6.34. The summed E-state index contributed by atoms with van der Waals surface area (Å²) in [4.78, 5) is 16.7. The van der Waals surface area contributed by atoms with Crippen molar-refractivity contribution in [3.8, 4) is 0 Å². The molecular weight excluding hydrogens is 453 g/mol. The highest BCUT2D eigenvalue weighted by Crippen LogP contribution is 2.26. The van der Waals surface area contributed by atoms with Crippen molar-refractivity contribution in [2.75, 3.05) is 35.8 Å². The minimum Gasteiger partial charge on any atom is -0.367 e. The van der Waals surface area contributed by atoms with E-state index in [0.29, 0.717) is 42.5 Å². The number of amides is 1. The minimum atomic E-state index is -3.85. The molecule has 0 aromatic heterocycles. The summed E-state index contributed by atoms with van der Waals surface area (Å²) in [5, 5.41) is 0.686. The van der Waals surface area contributed by atoms with Crippen LogP contribution in [0.15, 0.2) is 77.7 Å². The van der Waals surface area contributed by atoms with Crippen molar-refractivity contribution in [1.82, 2.24) is 4.90 Å². The molecule has 32 heavy (non-hydrogen) atoms. The number of hydrogen-bond acceptors (Lipinski definition) is 4. The Morgan fingerprint density at radius 2 is 1.50 bits per heavy atom. The van der Waals surface area contributed by atoms with Crippen LogP contribution in [0.2, 0.25) is 5.02 Å². The van der Waals surface area contributed by atoms with Crippen molar-refractivity contribution >= 4 is 38.9 Å². The van der Waals surface area contributed by atoms with Crippen molar-refractivity contribution in [2.24, 2.45) is 0 Å². The number of para-hydroxylation sites is 1. The molecule has 166 valence electrons. The fourth-order valence-electron chi connectivity index (χ4n) is 3.55. The van der Waals surface area contributed by atoms with Gasteiger partial charge in [0.25, 0.3) is 15.9 Å². The van der Waals surface area contributed by atoms with Crippen LogP contribution in [-0.4, -0.2) is 45.4 Å². The summed E-state index contributed by atoms with van der Waals surface area (Å²) in [6.07, 6.45) is 0. The smallest absolute Gasteiger partial charge is 0.261 e. The van der Waals surface area contributed by atoms with E-state index in [-0.39, 0.29) is 10.8 Å². The summed E-state index contributed by atoms with van der Waals surface area (Å²) < 4.78 is 40.3. The van der Waals surface area contributed by atoms with E-state index in [1.807, 2.05) is 24.3 Å². The van der Waals surface area contributed by atoms with Gasteiger partial charge in [0.2, 0.25) is 0 Å². The van der Waals surface area contributed by atoms with Gasteiger partial charge in [-0.1, -0.05) is 23.7 Å². The third-order valence-electron chi connectivity index (χ3n) is 5.27. The molecule has 1 N–H and O–H groups in total. The number of nitrogens with one attached hydrogen (secondary N) is 1. The van der Waals surface area contributed by atoms with Crippen LogP contribution in [0.4, 0.5) is 15.8 Å². The highest BCUT2D eigenvalue weighted by atomic mass is 35.5. The van der Waals surface area contributed by atoms with Crippen LogP contribution in [0.5, 0.6) is 0 Å². The standard InChI is InChI=1S/C23H21ClFN3O3S/c24-21-3-1-2-4-22(21)27-13-15-28(16-14-27)23(29)17-5-9-19(10-6-17)26-32(30,31)20-11-7-18(25)8-12-20/h1-12,26H,13-16H2. The van der Waals surface area contributed by atoms with Gasteiger partial charge in [-0.3, -0.25) is 9.52 Å². The molecule has 0 aliphatic carbocycles. The number of hydrogen-bond donors (Lipinski definition) is 1. The normalized spacial score (nSPS) is 14.3. The molecule has 1 saturated heterocycles. The Bertz CT molecular complexity index is 1210. The van der Waals surface area contributed by atoms with Crippen molar-refractivity contribution in [2.45, 2.75) is 4.90 Å². The van der Waals surface area contributed by atoms with Gasteiger partial charge in [0.1, 0.15) is 5.82 Å².